The molecule has 2 saturated carbocycles. The van der Waals surface area contributed by atoms with E-state index in [2.05, 4.69) is 0 Å². The van der Waals surface area contributed by atoms with Crippen LogP contribution in [0, 0.1) is 22.7 Å². The number of rotatable bonds is 3. The molecule has 8 heteroatoms. The third kappa shape index (κ3) is 2.36. The Balaban J connectivity index is 1.55. The minimum Gasteiger partial charge on any atom is -0.464 e. The lowest BCUT2D eigenvalue weighted by atomic mass is 9.43. The first-order chi connectivity index (χ1) is 15.2. The molecule has 2 saturated heterocycles. The first-order valence-corrected chi connectivity index (χ1v) is 10.7. The first-order valence-electron chi connectivity index (χ1n) is 10.7. The molecule has 4 fully saturated rings. The van der Waals surface area contributed by atoms with Gasteiger partial charge in [-0.3, -0.25) is 9.59 Å². The number of fused-ring (bicyclic) bond motifs is 2. The van der Waals surface area contributed by atoms with Crippen LogP contribution in [0.15, 0.2) is 36.4 Å². The molecule has 0 unspecified atom stereocenters. The van der Waals surface area contributed by atoms with Crippen molar-refractivity contribution in [2.24, 2.45) is 22.7 Å². The van der Waals surface area contributed by atoms with Crippen LogP contribution in [0.2, 0.25) is 0 Å². The second kappa shape index (κ2) is 6.75. The highest BCUT2D eigenvalue weighted by Gasteiger charge is 2.85. The SMILES string of the molecule is C[C@@H]1C(=O)C[C@@]2(O)[C@@]13C[C@@H](OC(=O)[C@@H]3OC(=O)/C=C/c1ccccc1)[C@@H](C)[C@@]21COC1=O. The molecule has 2 heterocycles. The van der Waals surface area contributed by atoms with Crippen LogP contribution in [0.5, 0.6) is 0 Å². The van der Waals surface area contributed by atoms with Gasteiger partial charge in [-0.2, -0.15) is 0 Å². The van der Waals surface area contributed by atoms with Crippen molar-refractivity contribution in [3.05, 3.63) is 42.0 Å². The van der Waals surface area contributed by atoms with Crippen molar-refractivity contribution in [3.8, 4) is 0 Å². The Bertz CT molecular complexity index is 1050. The summed E-state index contributed by atoms with van der Waals surface area (Å²) in [4.78, 5) is 51.3. The largest absolute Gasteiger partial charge is 0.464 e. The second-order valence-corrected chi connectivity index (χ2v) is 9.34. The van der Waals surface area contributed by atoms with Gasteiger partial charge in [0.25, 0.3) is 0 Å². The lowest BCUT2D eigenvalue weighted by Crippen LogP contribution is -2.80. The number of ketones is 1. The quantitative estimate of drug-likeness (QED) is 0.427. The molecular formula is C24H24O8. The molecule has 1 aromatic carbocycles. The molecule has 0 radical (unpaired) electrons. The molecule has 2 aliphatic heterocycles. The van der Waals surface area contributed by atoms with Gasteiger partial charge in [0.1, 0.15) is 29.5 Å². The Hall–Kier alpha value is -3.00. The molecule has 4 aliphatic rings. The fourth-order valence-electron chi connectivity index (χ4n) is 6.38. The summed E-state index contributed by atoms with van der Waals surface area (Å²) in [5, 5.41) is 12.0. The monoisotopic (exact) mass is 440 g/mol. The fourth-order valence-corrected chi connectivity index (χ4v) is 6.38. The highest BCUT2D eigenvalue weighted by atomic mass is 16.6. The van der Waals surface area contributed by atoms with Gasteiger partial charge in [0.2, 0.25) is 6.10 Å². The van der Waals surface area contributed by atoms with E-state index in [4.69, 9.17) is 14.2 Å². The molecule has 8 nitrogen and oxygen atoms in total. The minimum absolute atomic E-state index is 0.0755. The van der Waals surface area contributed by atoms with Crippen molar-refractivity contribution < 1.29 is 38.5 Å². The number of esters is 3. The van der Waals surface area contributed by atoms with Crippen molar-refractivity contribution in [3.63, 3.8) is 0 Å². The van der Waals surface area contributed by atoms with Gasteiger partial charge < -0.3 is 19.3 Å². The van der Waals surface area contributed by atoms with Gasteiger partial charge in [0.15, 0.2) is 0 Å². The number of cyclic esters (lactones) is 1. The minimum atomic E-state index is -1.88. The van der Waals surface area contributed by atoms with Crippen molar-refractivity contribution in [2.45, 2.75) is 44.5 Å². The van der Waals surface area contributed by atoms with Gasteiger partial charge in [0, 0.05) is 24.3 Å². The normalized spacial score (nSPS) is 42.3. The molecule has 0 amide bonds. The first kappa shape index (κ1) is 20.9. The maximum atomic E-state index is 13.0. The zero-order valence-corrected chi connectivity index (χ0v) is 17.8. The summed E-state index contributed by atoms with van der Waals surface area (Å²) in [6, 6.07) is 9.07. The van der Waals surface area contributed by atoms with Gasteiger partial charge in [-0.15, -0.1) is 0 Å². The smallest absolute Gasteiger partial charge is 0.348 e. The van der Waals surface area contributed by atoms with E-state index in [0.29, 0.717) is 0 Å². The standard InChI is InChI=1S/C24H24O8/c1-13-16(25)10-24(29)22(13)11-17(14(2)23(24)12-30-21(23)28)31-20(27)19(22)32-18(26)9-8-15-6-4-3-5-7-15/h3-9,13-14,17,19,29H,10-12H2,1-2H3/b9-8+/t13-,14-,17-,19+,22+,23-,24-/m1/s1. The summed E-state index contributed by atoms with van der Waals surface area (Å²) < 4.78 is 16.2. The molecule has 0 aromatic heterocycles. The van der Waals surface area contributed by atoms with Crippen molar-refractivity contribution in [1.29, 1.82) is 0 Å². The topological polar surface area (TPSA) is 116 Å². The highest BCUT2D eigenvalue weighted by Crippen LogP contribution is 2.70. The molecular weight excluding hydrogens is 416 g/mol. The van der Waals surface area contributed by atoms with Gasteiger partial charge in [0.05, 0.1) is 5.41 Å². The molecule has 5 rings (SSSR count). The lowest BCUT2D eigenvalue weighted by molar-refractivity contribution is -0.322. The average Bonchev–Trinajstić information content (AvgIpc) is 2.95. The van der Waals surface area contributed by atoms with E-state index >= 15 is 0 Å². The number of ether oxygens (including phenoxy) is 3. The Kier molecular flexibility index (Phi) is 4.40. The van der Waals surface area contributed by atoms with E-state index in [0.717, 1.165) is 5.56 Å². The summed E-state index contributed by atoms with van der Waals surface area (Å²) in [5.41, 5.74) is -3.97. The third-order valence-electron chi connectivity index (χ3n) is 8.26. The Morgan fingerprint density at radius 3 is 2.53 bits per heavy atom. The maximum absolute atomic E-state index is 13.0. The van der Waals surface area contributed by atoms with E-state index < -0.39 is 58.4 Å². The number of carbonyl (C=O) groups is 4. The van der Waals surface area contributed by atoms with Crippen LogP contribution in [0.4, 0.5) is 0 Å². The molecule has 1 aromatic rings. The molecule has 2 aliphatic carbocycles. The van der Waals surface area contributed by atoms with Crippen LogP contribution < -0.4 is 0 Å². The van der Waals surface area contributed by atoms with Crippen LogP contribution in [-0.4, -0.2) is 53.2 Å². The summed E-state index contributed by atoms with van der Waals surface area (Å²) in [6.45, 7) is 3.26. The van der Waals surface area contributed by atoms with Crippen LogP contribution in [0.25, 0.3) is 6.08 Å². The molecule has 32 heavy (non-hydrogen) atoms. The molecule has 1 N–H and O–H groups in total. The zero-order chi connectivity index (χ0) is 22.9. The van der Waals surface area contributed by atoms with E-state index in [1.54, 1.807) is 32.1 Å². The summed E-state index contributed by atoms with van der Waals surface area (Å²) in [5.74, 6) is -3.86. The van der Waals surface area contributed by atoms with Gasteiger partial charge >= 0.3 is 17.9 Å². The predicted octanol–water partition coefficient (Wildman–Crippen LogP) is 1.45. The number of Topliss-reactive ketones (excluding diaryl/α,β-unsaturated/α-hetero) is 1. The van der Waals surface area contributed by atoms with E-state index in [9.17, 15) is 24.3 Å². The zero-order valence-electron chi connectivity index (χ0n) is 17.8. The van der Waals surface area contributed by atoms with Gasteiger partial charge in [-0.05, 0) is 18.1 Å². The third-order valence-corrected chi connectivity index (χ3v) is 8.26. The molecule has 168 valence electrons. The average molecular weight is 440 g/mol. The Morgan fingerprint density at radius 1 is 1.19 bits per heavy atom. The van der Waals surface area contributed by atoms with E-state index in [1.807, 2.05) is 18.2 Å². The summed E-state index contributed by atoms with van der Waals surface area (Å²) in [6.07, 6.45) is 0.333. The van der Waals surface area contributed by atoms with Crippen molar-refractivity contribution in [1.82, 2.24) is 0 Å². The molecule has 7 atom stereocenters. The van der Waals surface area contributed by atoms with E-state index in [1.165, 1.54) is 6.08 Å². The molecule has 2 bridgehead atoms. The second-order valence-electron chi connectivity index (χ2n) is 9.34. The Labute approximate surface area is 184 Å². The number of carbonyl (C=O) groups excluding carboxylic acids is 4. The molecule has 2 spiro atoms. The maximum Gasteiger partial charge on any atom is 0.348 e. The highest BCUT2D eigenvalue weighted by molar-refractivity contribution is 5.96. The summed E-state index contributed by atoms with van der Waals surface area (Å²) in [7, 11) is 0. The number of benzene rings is 1. The van der Waals surface area contributed by atoms with Crippen LogP contribution in [0.1, 0.15) is 32.3 Å². The van der Waals surface area contributed by atoms with Crippen LogP contribution in [0.3, 0.4) is 0 Å². The summed E-state index contributed by atoms with van der Waals surface area (Å²) >= 11 is 0. The van der Waals surface area contributed by atoms with Crippen molar-refractivity contribution in [2.75, 3.05) is 6.61 Å². The van der Waals surface area contributed by atoms with Gasteiger partial charge in [-0.25, -0.2) is 9.59 Å². The number of hydrogen-bond donors (Lipinski definition) is 1. The number of hydrogen-bond acceptors (Lipinski definition) is 8. The Morgan fingerprint density at radius 2 is 1.91 bits per heavy atom. The van der Waals surface area contributed by atoms with Crippen molar-refractivity contribution >= 4 is 29.8 Å². The lowest BCUT2D eigenvalue weighted by Gasteiger charge is -2.66. The van der Waals surface area contributed by atoms with E-state index in [-0.39, 0.29) is 25.2 Å². The van der Waals surface area contributed by atoms with Gasteiger partial charge in [-0.1, -0.05) is 44.2 Å². The number of aliphatic hydroxyl groups is 1. The predicted molar refractivity (Wildman–Crippen MR) is 109 cm³/mol. The van der Waals surface area contributed by atoms with Crippen LogP contribution >= 0.6 is 0 Å². The van der Waals surface area contributed by atoms with Crippen LogP contribution in [-0.2, 0) is 33.4 Å². The fraction of sp³-hybridized carbons (Fsp3) is 0.500.